The number of fused-ring (bicyclic) bond motifs is 1. The predicted octanol–water partition coefficient (Wildman–Crippen LogP) is 5.82. The van der Waals surface area contributed by atoms with Gasteiger partial charge in [0.05, 0.1) is 0 Å². The van der Waals surface area contributed by atoms with Crippen LogP contribution in [0, 0.1) is 0 Å². The number of nitrogens with one attached hydrogen (secondary N) is 1. The number of hydrogen-bond donors (Lipinski definition) is 1. The van der Waals surface area contributed by atoms with E-state index in [1.807, 2.05) is 12.1 Å². The number of carbonyl (C=O) groups is 1. The second-order valence-corrected chi connectivity index (χ2v) is 9.23. The van der Waals surface area contributed by atoms with Crippen molar-refractivity contribution in [3.05, 3.63) is 72.3 Å². The molecule has 1 amide bonds. The van der Waals surface area contributed by atoms with Gasteiger partial charge >= 0.3 is 0 Å². The van der Waals surface area contributed by atoms with E-state index in [1.165, 1.54) is 54.1 Å². The lowest BCUT2D eigenvalue weighted by molar-refractivity contribution is -0.116. The molecule has 1 heterocycles. The number of amides is 1. The van der Waals surface area contributed by atoms with Crippen LogP contribution in [0.5, 0.6) is 0 Å². The zero-order chi connectivity index (χ0) is 21.8. The lowest BCUT2D eigenvalue weighted by Crippen LogP contribution is -2.30. The summed E-state index contributed by atoms with van der Waals surface area (Å²) in [5, 5.41) is 5.70. The summed E-state index contributed by atoms with van der Waals surface area (Å²) in [5.74, 6) is 0.0966. The van der Waals surface area contributed by atoms with Gasteiger partial charge in [0.2, 0.25) is 5.91 Å². The Kier molecular flexibility index (Phi) is 6.40. The quantitative estimate of drug-likeness (QED) is 0.492. The molecule has 1 saturated heterocycles. The van der Waals surface area contributed by atoms with Gasteiger partial charge in [0.1, 0.15) is 0 Å². The van der Waals surface area contributed by atoms with Crippen molar-refractivity contribution in [2.45, 2.75) is 51.1 Å². The fraction of sp³-hybridized carbons (Fsp3) is 0.393. The molecule has 0 bridgehead atoms. The minimum Gasteiger partial charge on any atom is -0.372 e. The number of anilines is 2. The molecular formula is C28H33N3O. The molecule has 4 heteroatoms. The van der Waals surface area contributed by atoms with E-state index >= 15 is 0 Å². The minimum atomic E-state index is 0.0966. The van der Waals surface area contributed by atoms with Crippen LogP contribution in [0.4, 0.5) is 11.4 Å². The average molecular weight is 428 g/mol. The summed E-state index contributed by atoms with van der Waals surface area (Å²) in [5.41, 5.74) is 3.50. The number of hydrogen-bond acceptors (Lipinski definition) is 3. The largest absolute Gasteiger partial charge is 0.372 e. The van der Waals surface area contributed by atoms with Gasteiger partial charge in [-0.05, 0) is 72.7 Å². The van der Waals surface area contributed by atoms with Crippen LogP contribution in [-0.2, 0) is 11.3 Å². The van der Waals surface area contributed by atoms with Crippen LogP contribution in [0.15, 0.2) is 66.7 Å². The Morgan fingerprint density at radius 3 is 2.44 bits per heavy atom. The molecule has 0 radical (unpaired) electrons. The van der Waals surface area contributed by atoms with Crippen molar-refractivity contribution in [3.63, 3.8) is 0 Å². The topological polar surface area (TPSA) is 35.6 Å². The zero-order valence-corrected chi connectivity index (χ0v) is 18.8. The van der Waals surface area contributed by atoms with E-state index in [4.69, 9.17) is 0 Å². The van der Waals surface area contributed by atoms with Gasteiger partial charge in [-0.25, -0.2) is 0 Å². The molecular weight excluding hydrogens is 394 g/mol. The first-order chi connectivity index (χ1) is 15.8. The highest BCUT2D eigenvalue weighted by Gasteiger charge is 2.29. The molecule has 32 heavy (non-hydrogen) atoms. The van der Waals surface area contributed by atoms with E-state index in [0.29, 0.717) is 12.5 Å². The Morgan fingerprint density at radius 1 is 0.906 bits per heavy atom. The van der Waals surface area contributed by atoms with E-state index in [1.54, 1.807) is 0 Å². The summed E-state index contributed by atoms with van der Waals surface area (Å²) in [6.07, 6.45) is 6.89. The average Bonchev–Trinajstić information content (AvgIpc) is 3.68. The first-order valence-electron chi connectivity index (χ1n) is 12.1. The second-order valence-electron chi connectivity index (χ2n) is 9.23. The Hall–Kier alpha value is -2.85. The van der Waals surface area contributed by atoms with Crippen LogP contribution in [0.1, 0.15) is 44.1 Å². The van der Waals surface area contributed by atoms with Crippen LogP contribution < -0.4 is 10.2 Å². The van der Waals surface area contributed by atoms with Gasteiger partial charge in [-0.1, -0.05) is 42.5 Å². The minimum absolute atomic E-state index is 0.0966. The molecule has 0 aromatic heterocycles. The van der Waals surface area contributed by atoms with Crippen molar-refractivity contribution in [3.8, 4) is 0 Å². The smallest absolute Gasteiger partial charge is 0.225 e. The molecule has 2 aliphatic rings. The lowest BCUT2D eigenvalue weighted by atomic mass is 10.0. The summed E-state index contributed by atoms with van der Waals surface area (Å²) in [6, 6.07) is 24.1. The summed E-state index contributed by atoms with van der Waals surface area (Å²) < 4.78 is 0. The highest BCUT2D eigenvalue weighted by molar-refractivity contribution is 5.91. The Balaban J connectivity index is 1.17. The van der Waals surface area contributed by atoms with Crippen molar-refractivity contribution in [2.24, 2.45) is 0 Å². The SMILES string of the molecule is O=C(CCN(Cc1cccc2ccccc12)C1CC1)Nc1ccc(N2CCCCC2)cc1. The lowest BCUT2D eigenvalue weighted by Gasteiger charge is -2.28. The van der Waals surface area contributed by atoms with Crippen molar-refractivity contribution < 1.29 is 4.79 Å². The van der Waals surface area contributed by atoms with Gasteiger partial charge in [-0.3, -0.25) is 9.69 Å². The third-order valence-electron chi connectivity index (χ3n) is 6.81. The molecule has 3 aromatic carbocycles. The van der Waals surface area contributed by atoms with Crippen LogP contribution in [0.25, 0.3) is 10.8 Å². The standard InChI is InChI=1S/C28H33N3O/c32-28(29-24-11-13-25(14-12-24)30-18-4-1-5-19-30)17-20-31(26-15-16-26)21-23-9-6-8-22-7-2-3-10-27(22)23/h2-3,6-14,26H,1,4-5,15-21H2,(H,29,32). The fourth-order valence-electron chi connectivity index (χ4n) is 4.86. The molecule has 0 unspecified atom stereocenters. The number of benzene rings is 3. The van der Waals surface area contributed by atoms with Crippen molar-refractivity contribution in [1.29, 1.82) is 0 Å². The fourth-order valence-corrected chi connectivity index (χ4v) is 4.86. The molecule has 166 valence electrons. The third-order valence-corrected chi connectivity index (χ3v) is 6.81. The van der Waals surface area contributed by atoms with Gasteiger partial charge in [0.15, 0.2) is 0 Å². The van der Waals surface area contributed by atoms with E-state index in [0.717, 1.165) is 31.9 Å². The second kappa shape index (κ2) is 9.74. The van der Waals surface area contributed by atoms with Gasteiger partial charge in [0, 0.05) is 50.0 Å². The van der Waals surface area contributed by atoms with Gasteiger partial charge < -0.3 is 10.2 Å². The van der Waals surface area contributed by atoms with Crippen molar-refractivity contribution >= 4 is 28.1 Å². The zero-order valence-electron chi connectivity index (χ0n) is 18.8. The van der Waals surface area contributed by atoms with Crippen LogP contribution in [-0.4, -0.2) is 36.5 Å². The highest BCUT2D eigenvalue weighted by atomic mass is 16.1. The normalized spacial score (nSPS) is 16.5. The molecule has 0 atom stereocenters. The third kappa shape index (κ3) is 5.13. The predicted molar refractivity (Wildman–Crippen MR) is 133 cm³/mol. The molecule has 1 aliphatic carbocycles. The van der Waals surface area contributed by atoms with Crippen LogP contribution in [0.2, 0.25) is 0 Å². The van der Waals surface area contributed by atoms with Gasteiger partial charge in [0.25, 0.3) is 0 Å². The van der Waals surface area contributed by atoms with Crippen molar-refractivity contribution in [1.82, 2.24) is 4.90 Å². The van der Waals surface area contributed by atoms with E-state index < -0.39 is 0 Å². The Labute approximate surface area is 191 Å². The van der Waals surface area contributed by atoms with E-state index in [9.17, 15) is 4.79 Å². The van der Waals surface area contributed by atoms with Crippen LogP contribution >= 0.6 is 0 Å². The highest BCUT2D eigenvalue weighted by Crippen LogP contribution is 2.30. The molecule has 1 saturated carbocycles. The van der Waals surface area contributed by atoms with Gasteiger partial charge in [-0.15, -0.1) is 0 Å². The summed E-state index contributed by atoms with van der Waals surface area (Å²) in [7, 11) is 0. The Morgan fingerprint density at radius 2 is 1.66 bits per heavy atom. The molecule has 1 N–H and O–H groups in total. The maximum absolute atomic E-state index is 12.7. The molecule has 4 nitrogen and oxygen atoms in total. The van der Waals surface area contributed by atoms with E-state index in [2.05, 4.69) is 69.7 Å². The molecule has 5 rings (SSSR count). The molecule has 1 aliphatic heterocycles. The first kappa shape index (κ1) is 21.0. The monoisotopic (exact) mass is 427 g/mol. The molecule has 2 fully saturated rings. The molecule has 3 aromatic rings. The maximum Gasteiger partial charge on any atom is 0.225 e. The van der Waals surface area contributed by atoms with E-state index in [-0.39, 0.29) is 5.91 Å². The maximum atomic E-state index is 12.7. The number of rotatable bonds is 8. The summed E-state index contributed by atoms with van der Waals surface area (Å²) >= 11 is 0. The van der Waals surface area contributed by atoms with Crippen molar-refractivity contribution in [2.75, 3.05) is 29.9 Å². The van der Waals surface area contributed by atoms with Gasteiger partial charge in [-0.2, -0.15) is 0 Å². The summed E-state index contributed by atoms with van der Waals surface area (Å²) in [6.45, 7) is 3.98. The van der Waals surface area contributed by atoms with Crippen LogP contribution in [0.3, 0.4) is 0 Å². The first-order valence-corrected chi connectivity index (χ1v) is 12.1. The number of piperidine rings is 1. The number of carbonyl (C=O) groups excluding carboxylic acids is 1. The number of nitrogens with zero attached hydrogens (tertiary/aromatic N) is 2. The Bertz CT molecular complexity index is 1050. The molecule has 0 spiro atoms. The summed E-state index contributed by atoms with van der Waals surface area (Å²) in [4.78, 5) is 17.6.